The lowest BCUT2D eigenvalue weighted by Crippen LogP contribution is -2.26. The van der Waals surface area contributed by atoms with E-state index in [1.165, 1.54) is 0 Å². The molecule has 0 bridgehead atoms. The summed E-state index contributed by atoms with van der Waals surface area (Å²) in [6.45, 7) is 2.65. The van der Waals surface area contributed by atoms with Crippen molar-refractivity contribution in [2.24, 2.45) is 0 Å². The topological polar surface area (TPSA) is 67.4 Å². The number of benzene rings is 1. The van der Waals surface area contributed by atoms with E-state index in [-0.39, 0.29) is 18.4 Å². The molecule has 1 aromatic carbocycles. The van der Waals surface area contributed by atoms with E-state index in [4.69, 9.17) is 4.74 Å². The van der Waals surface area contributed by atoms with Gasteiger partial charge in [0.2, 0.25) is 5.91 Å². The first-order chi connectivity index (χ1) is 9.19. The third-order valence-electron chi connectivity index (χ3n) is 2.89. The maximum Gasteiger partial charge on any atom is 0.262 e. The molecule has 0 aliphatic carbocycles. The summed E-state index contributed by atoms with van der Waals surface area (Å²) in [6.07, 6.45) is 2.15. The summed E-state index contributed by atoms with van der Waals surface area (Å²) in [5.74, 6) is 0.636. The Balaban J connectivity index is 1.89. The van der Waals surface area contributed by atoms with Crippen LogP contribution in [-0.4, -0.2) is 25.0 Å². The van der Waals surface area contributed by atoms with Crippen LogP contribution in [-0.2, 0) is 16.0 Å². The smallest absolute Gasteiger partial charge is 0.262 e. The molecule has 1 aromatic rings. The molecule has 0 fully saturated rings. The van der Waals surface area contributed by atoms with Gasteiger partial charge in [-0.3, -0.25) is 9.59 Å². The zero-order chi connectivity index (χ0) is 13.7. The van der Waals surface area contributed by atoms with E-state index in [0.29, 0.717) is 24.4 Å². The van der Waals surface area contributed by atoms with Gasteiger partial charge < -0.3 is 15.4 Å². The van der Waals surface area contributed by atoms with E-state index in [0.717, 1.165) is 18.4 Å². The van der Waals surface area contributed by atoms with Crippen LogP contribution in [0.1, 0.15) is 25.3 Å². The summed E-state index contributed by atoms with van der Waals surface area (Å²) in [5, 5.41) is 5.63. The molecule has 5 heteroatoms. The number of fused-ring (bicyclic) bond motifs is 1. The maximum atomic E-state index is 11.3. The summed E-state index contributed by atoms with van der Waals surface area (Å²) in [5.41, 5.74) is 1.76. The van der Waals surface area contributed by atoms with Gasteiger partial charge in [-0.25, -0.2) is 0 Å². The number of anilines is 1. The fourth-order valence-electron chi connectivity index (χ4n) is 1.95. The van der Waals surface area contributed by atoms with Gasteiger partial charge >= 0.3 is 0 Å². The summed E-state index contributed by atoms with van der Waals surface area (Å²) in [6, 6.07) is 5.68. The summed E-state index contributed by atoms with van der Waals surface area (Å²) in [7, 11) is 0. The van der Waals surface area contributed by atoms with Gasteiger partial charge in [0, 0.05) is 13.0 Å². The monoisotopic (exact) mass is 262 g/mol. The lowest BCUT2D eigenvalue weighted by molar-refractivity contribution is -0.121. The highest BCUT2D eigenvalue weighted by Crippen LogP contribution is 2.28. The molecule has 0 atom stereocenters. The van der Waals surface area contributed by atoms with Crippen LogP contribution in [0.2, 0.25) is 0 Å². The Morgan fingerprint density at radius 3 is 3.11 bits per heavy atom. The second-order valence-electron chi connectivity index (χ2n) is 4.52. The van der Waals surface area contributed by atoms with Crippen molar-refractivity contribution in [2.45, 2.75) is 26.2 Å². The van der Waals surface area contributed by atoms with E-state index in [2.05, 4.69) is 10.6 Å². The van der Waals surface area contributed by atoms with E-state index < -0.39 is 0 Å². The van der Waals surface area contributed by atoms with Crippen molar-refractivity contribution in [3.05, 3.63) is 23.8 Å². The van der Waals surface area contributed by atoms with Crippen molar-refractivity contribution < 1.29 is 14.3 Å². The molecule has 1 heterocycles. The van der Waals surface area contributed by atoms with Gasteiger partial charge in [-0.15, -0.1) is 0 Å². The first-order valence-electron chi connectivity index (χ1n) is 6.51. The van der Waals surface area contributed by atoms with Gasteiger partial charge in [0.05, 0.1) is 5.69 Å². The largest absolute Gasteiger partial charge is 0.482 e. The molecule has 1 aliphatic rings. The first-order valence-corrected chi connectivity index (χ1v) is 6.51. The Hall–Kier alpha value is -2.04. The molecular formula is C14H18N2O3. The standard InChI is InChI=1S/C14H18N2O3/c1-2-3-13(17)15-7-6-10-4-5-12-11(8-10)16-14(18)9-19-12/h4-5,8H,2-3,6-7,9H2,1H3,(H,15,17)(H,16,18). The van der Waals surface area contributed by atoms with Gasteiger partial charge in [-0.1, -0.05) is 13.0 Å². The lowest BCUT2D eigenvalue weighted by atomic mass is 10.1. The quantitative estimate of drug-likeness (QED) is 0.844. The van der Waals surface area contributed by atoms with Crippen molar-refractivity contribution in [1.29, 1.82) is 0 Å². The zero-order valence-electron chi connectivity index (χ0n) is 11.0. The van der Waals surface area contributed by atoms with Crippen LogP contribution in [0.4, 0.5) is 5.69 Å². The van der Waals surface area contributed by atoms with Crippen LogP contribution in [0, 0.1) is 0 Å². The Morgan fingerprint density at radius 1 is 1.47 bits per heavy atom. The molecule has 102 valence electrons. The second kappa shape index (κ2) is 6.22. The molecule has 0 radical (unpaired) electrons. The predicted octanol–water partition coefficient (Wildman–Crippen LogP) is 1.48. The highest BCUT2D eigenvalue weighted by atomic mass is 16.5. The maximum absolute atomic E-state index is 11.3. The highest BCUT2D eigenvalue weighted by molar-refractivity contribution is 5.95. The SMILES string of the molecule is CCCC(=O)NCCc1ccc2c(c1)NC(=O)CO2. The Morgan fingerprint density at radius 2 is 2.32 bits per heavy atom. The Labute approximate surface area is 112 Å². The normalized spacial score (nSPS) is 13.2. The third kappa shape index (κ3) is 3.71. The Bertz CT molecular complexity index is 486. The minimum Gasteiger partial charge on any atom is -0.482 e. The second-order valence-corrected chi connectivity index (χ2v) is 4.52. The Kier molecular flexibility index (Phi) is 4.39. The van der Waals surface area contributed by atoms with Crippen molar-refractivity contribution >= 4 is 17.5 Å². The molecule has 0 saturated heterocycles. The van der Waals surface area contributed by atoms with Gasteiger partial charge in [0.1, 0.15) is 5.75 Å². The molecule has 0 unspecified atom stereocenters. The van der Waals surface area contributed by atoms with Gasteiger partial charge in [-0.05, 0) is 30.5 Å². The first kappa shape index (κ1) is 13.4. The van der Waals surface area contributed by atoms with E-state index in [9.17, 15) is 9.59 Å². The van der Waals surface area contributed by atoms with Crippen molar-refractivity contribution in [1.82, 2.24) is 5.32 Å². The van der Waals surface area contributed by atoms with E-state index in [1.807, 2.05) is 25.1 Å². The van der Waals surface area contributed by atoms with Crippen LogP contribution in [0.25, 0.3) is 0 Å². The third-order valence-corrected chi connectivity index (χ3v) is 2.89. The molecule has 2 N–H and O–H groups in total. The minimum absolute atomic E-state index is 0.0689. The number of hydrogen-bond donors (Lipinski definition) is 2. The molecule has 0 saturated carbocycles. The van der Waals surface area contributed by atoms with Crippen LogP contribution in [0.5, 0.6) is 5.75 Å². The van der Waals surface area contributed by atoms with Crippen LogP contribution in [0.15, 0.2) is 18.2 Å². The fraction of sp³-hybridized carbons (Fsp3) is 0.429. The number of hydrogen-bond acceptors (Lipinski definition) is 3. The predicted molar refractivity (Wildman–Crippen MR) is 72.2 cm³/mol. The average Bonchev–Trinajstić information content (AvgIpc) is 2.38. The lowest BCUT2D eigenvalue weighted by Gasteiger charge is -2.18. The number of rotatable bonds is 5. The molecule has 5 nitrogen and oxygen atoms in total. The van der Waals surface area contributed by atoms with Crippen molar-refractivity contribution in [3.8, 4) is 5.75 Å². The summed E-state index contributed by atoms with van der Waals surface area (Å²) < 4.78 is 5.28. The number of amides is 2. The van der Waals surface area contributed by atoms with Crippen molar-refractivity contribution in [2.75, 3.05) is 18.5 Å². The molecule has 0 spiro atoms. The number of carbonyl (C=O) groups is 2. The number of ether oxygens (including phenoxy) is 1. The van der Waals surface area contributed by atoms with Crippen LogP contribution in [0.3, 0.4) is 0 Å². The van der Waals surface area contributed by atoms with Crippen LogP contribution < -0.4 is 15.4 Å². The molecule has 2 rings (SSSR count). The van der Waals surface area contributed by atoms with Gasteiger partial charge in [0.15, 0.2) is 6.61 Å². The van der Waals surface area contributed by atoms with E-state index >= 15 is 0 Å². The zero-order valence-corrected chi connectivity index (χ0v) is 11.0. The van der Waals surface area contributed by atoms with Crippen LogP contribution >= 0.6 is 0 Å². The molecule has 0 aromatic heterocycles. The summed E-state index contributed by atoms with van der Waals surface area (Å²) in [4.78, 5) is 22.5. The fourth-order valence-corrected chi connectivity index (χ4v) is 1.95. The van der Waals surface area contributed by atoms with Gasteiger partial charge in [-0.2, -0.15) is 0 Å². The van der Waals surface area contributed by atoms with Crippen molar-refractivity contribution in [3.63, 3.8) is 0 Å². The molecule has 2 amide bonds. The van der Waals surface area contributed by atoms with E-state index in [1.54, 1.807) is 0 Å². The summed E-state index contributed by atoms with van der Waals surface area (Å²) >= 11 is 0. The molecular weight excluding hydrogens is 244 g/mol. The molecule has 1 aliphatic heterocycles. The number of carbonyl (C=O) groups excluding carboxylic acids is 2. The average molecular weight is 262 g/mol. The minimum atomic E-state index is -0.138. The highest BCUT2D eigenvalue weighted by Gasteiger charge is 2.15. The molecule has 19 heavy (non-hydrogen) atoms. The number of nitrogens with one attached hydrogen (secondary N) is 2. The van der Waals surface area contributed by atoms with Gasteiger partial charge in [0.25, 0.3) is 5.91 Å².